The monoisotopic (exact) mass is 344 g/mol. The molecule has 2 aromatic heterocycles. The Morgan fingerprint density at radius 1 is 1.46 bits per heavy atom. The molecule has 3 rings (SSSR count). The van der Waals surface area contributed by atoms with Gasteiger partial charge in [0.1, 0.15) is 0 Å². The highest BCUT2D eigenvalue weighted by Gasteiger charge is 2.28. The fourth-order valence-corrected chi connectivity index (χ4v) is 3.70. The van der Waals surface area contributed by atoms with Gasteiger partial charge in [0, 0.05) is 22.7 Å². The SMILES string of the molecule is Cc1nc(/C=C/C(=O)N[C@@H]2CCCc3c2cnn3C(C)(C)C)cs1. The Morgan fingerprint density at radius 2 is 2.25 bits per heavy atom. The van der Waals surface area contributed by atoms with Crippen molar-refractivity contribution < 1.29 is 4.79 Å². The molecule has 1 atom stereocenters. The normalized spacial score (nSPS) is 17.9. The van der Waals surface area contributed by atoms with Crippen molar-refractivity contribution in [1.82, 2.24) is 20.1 Å². The molecule has 1 aliphatic rings. The lowest BCUT2D eigenvalue weighted by Crippen LogP contribution is -2.31. The van der Waals surface area contributed by atoms with Crippen molar-refractivity contribution in [2.75, 3.05) is 0 Å². The van der Waals surface area contributed by atoms with Crippen LogP contribution in [-0.4, -0.2) is 20.7 Å². The Balaban J connectivity index is 1.72. The van der Waals surface area contributed by atoms with Crippen LogP contribution < -0.4 is 5.32 Å². The molecule has 1 N–H and O–H groups in total. The maximum absolute atomic E-state index is 12.3. The molecule has 1 aliphatic carbocycles. The first-order valence-corrected chi connectivity index (χ1v) is 9.20. The molecule has 0 bridgehead atoms. The molecule has 0 saturated heterocycles. The maximum atomic E-state index is 12.3. The fourth-order valence-electron chi connectivity index (χ4n) is 3.12. The predicted molar refractivity (Wildman–Crippen MR) is 96.9 cm³/mol. The second kappa shape index (κ2) is 6.51. The van der Waals surface area contributed by atoms with Crippen LogP contribution in [0.4, 0.5) is 0 Å². The van der Waals surface area contributed by atoms with Crippen molar-refractivity contribution in [3.8, 4) is 0 Å². The number of aromatic nitrogens is 3. The van der Waals surface area contributed by atoms with Crippen LogP contribution in [0, 0.1) is 6.92 Å². The van der Waals surface area contributed by atoms with Crippen LogP contribution in [0.5, 0.6) is 0 Å². The predicted octanol–water partition coefficient (Wildman–Crippen LogP) is 3.61. The number of fused-ring (bicyclic) bond motifs is 1. The van der Waals surface area contributed by atoms with E-state index in [-0.39, 0.29) is 17.5 Å². The second-order valence-electron chi connectivity index (χ2n) is 7.21. The molecule has 0 aromatic carbocycles. The summed E-state index contributed by atoms with van der Waals surface area (Å²) in [5.41, 5.74) is 3.19. The van der Waals surface area contributed by atoms with E-state index in [0.29, 0.717) is 0 Å². The number of rotatable bonds is 3. The van der Waals surface area contributed by atoms with Gasteiger partial charge in [0.2, 0.25) is 5.91 Å². The highest BCUT2D eigenvalue weighted by Crippen LogP contribution is 2.32. The summed E-state index contributed by atoms with van der Waals surface area (Å²) in [4.78, 5) is 16.6. The number of carbonyl (C=O) groups excluding carboxylic acids is 1. The van der Waals surface area contributed by atoms with E-state index >= 15 is 0 Å². The van der Waals surface area contributed by atoms with Gasteiger partial charge in [-0.1, -0.05) is 0 Å². The maximum Gasteiger partial charge on any atom is 0.244 e. The van der Waals surface area contributed by atoms with E-state index in [1.165, 1.54) is 5.69 Å². The highest BCUT2D eigenvalue weighted by atomic mass is 32.1. The van der Waals surface area contributed by atoms with Crippen molar-refractivity contribution in [3.63, 3.8) is 0 Å². The van der Waals surface area contributed by atoms with E-state index < -0.39 is 0 Å². The van der Waals surface area contributed by atoms with Crippen LogP contribution in [0.2, 0.25) is 0 Å². The summed E-state index contributed by atoms with van der Waals surface area (Å²) in [6.07, 6.45) is 8.29. The quantitative estimate of drug-likeness (QED) is 0.865. The summed E-state index contributed by atoms with van der Waals surface area (Å²) in [5.74, 6) is -0.0815. The summed E-state index contributed by atoms with van der Waals surface area (Å²) in [7, 11) is 0. The zero-order chi connectivity index (χ0) is 17.3. The van der Waals surface area contributed by atoms with E-state index in [4.69, 9.17) is 0 Å². The van der Waals surface area contributed by atoms with Crippen molar-refractivity contribution >= 4 is 23.3 Å². The number of nitrogens with one attached hydrogen (secondary N) is 1. The van der Waals surface area contributed by atoms with Crippen LogP contribution in [0.3, 0.4) is 0 Å². The average molecular weight is 344 g/mol. The minimum atomic E-state index is -0.0815. The number of aryl methyl sites for hydroxylation is 1. The van der Waals surface area contributed by atoms with E-state index in [2.05, 4.69) is 40.9 Å². The molecule has 0 fully saturated rings. The lowest BCUT2D eigenvalue weighted by molar-refractivity contribution is -0.117. The molecule has 128 valence electrons. The van der Waals surface area contributed by atoms with Crippen LogP contribution in [0.15, 0.2) is 17.7 Å². The Hall–Kier alpha value is -1.95. The molecule has 24 heavy (non-hydrogen) atoms. The Morgan fingerprint density at radius 3 is 2.92 bits per heavy atom. The van der Waals surface area contributed by atoms with Gasteiger partial charge in [0.05, 0.1) is 28.5 Å². The van der Waals surface area contributed by atoms with Gasteiger partial charge in [-0.05, 0) is 53.0 Å². The molecule has 0 saturated carbocycles. The molecule has 5 nitrogen and oxygen atoms in total. The molecule has 2 aromatic rings. The third-order valence-corrected chi connectivity index (χ3v) is 4.97. The lowest BCUT2D eigenvalue weighted by atomic mass is 9.92. The molecule has 0 radical (unpaired) electrons. The standard InChI is InChI=1S/C18H24N4OS/c1-12-20-13(11-24-12)8-9-17(23)21-15-6-5-7-16-14(15)10-19-22(16)18(2,3)4/h8-11,15H,5-7H2,1-4H3,(H,21,23)/b9-8+/t15-/m1/s1. The molecule has 0 spiro atoms. The molecule has 0 unspecified atom stereocenters. The number of nitrogens with zero attached hydrogens (tertiary/aromatic N) is 3. The van der Waals surface area contributed by atoms with Gasteiger partial charge in [0.25, 0.3) is 0 Å². The molecule has 1 amide bonds. The molecular weight excluding hydrogens is 320 g/mol. The number of amides is 1. The number of carbonyl (C=O) groups is 1. The lowest BCUT2D eigenvalue weighted by Gasteiger charge is -2.28. The Kier molecular flexibility index (Phi) is 4.58. The van der Waals surface area contributed by atoms with Crippen LogP contribution in [0.1, 0.15) is 61.6 Å². The van der Waals surface area contributed by atoms with E-state index in [0.717, 1.165) is 35.5 Å². The first-order valence-electron chi connectivity index (χ1n) is 8.32. The van der Waals surface area contributed by atoms with Gasteiger partial charge in [-0.15, -0.1) is 11.3 Å². The topological polar surface area (TPSA) is 59.8 Å². The van der Waals surface area contributed by atoms with Gasteiger partial charge >= 0.3 is 0 Å². The second-order valence-corrected chi connectivity index (χ2v) is 8.27. The first kappa shape index (κ1) is 16.9. The van der Waals surface area contributed by atoms with E-state index in [1.807, 2.05) is 18.5 Å². The van der Waals surface area contributed by atoms with Crippen molar-refractivity contribution in [2.45, 2.75) is 58.5 Å². The average Bonchev–Trinajstić information content (AvgIpc) is 3.11. The number of hydrogen-bond acceptors (Lipinski definition) is 4. The third kappa shape index (κ3) is 3.59. The summed E-state index contributed by atoms with van der Waals surface area (Å²) in [6, 6.07) is 0.0409. The van der Waals surface area contributed by atoms with Gasteiger partial charge < -0.3 is 5.32 Å². The Labute approximate surface area is 146 Å². The first-order chi connectivity index (χ1) is 11.3. The smallest absolute Gasteiger partial charge is 0.244 e. The summed E-state index contributed by atoms with van der Waals surface area (Å²) >= 11 is 1.58. The van der Waals surface area contributed by atoms with Gasteiger partial charge in [-0.25, -0.2) is 4.98 Å². The van der Waals surface area contributed by atoms with Crippen LogP contribution in [0.25, 0.3) is 6.08 Å². The molecule has 0 aliphatic heterocycles. The van der Waals surface area contributed by atoms with Crippen molar-refractivity contribution in [2.24, 2.45) is 0 Å². The van der Waals surface area contributed by atoms with Crippen LogP contribution in [-0.2, 0) is 16.8 Å². The van der Waals surface area contributed by atoms with Crippen molar-refractivity contribution in [3.05, 3.63) is 39.6 Å². The molecule has 2 heterocycles. The summed E-state index contributed by atoms with van der Waals surface area (Å²) in [6.45, 7) is 8.42. The largest absolute Gasteiger partial charge is 0.346 e. The third-order valence-electron chi connectivity index (χ3n) is 4.18. The molecular formula is C18H24N4OS. The molecule has 6 heteroatoms. The fraction of sp³-hybridized carbons (Fsp3) is 0.500. The van der Waals surface area contributed by atoms with Crippen molar-refractivity contribution in [1.29, 1.82) is 0 Å². The zero-order valence-corrected chi connectivity index (χ0v) is 15.5. The van der Waals surface area contributed by atoms with Crippen LogP contribution >= 0.6 is 11.3 Å². The minimum absolute atomic E-state index is 0.0398. The van der Waals surface area contributed by atoms with E-state index in [1.54, 1.807) is 23.5 Å². The summed E-state index contributed by atoms with van der Waals surface area (Å²) < 4.78 is 2.09. The number of thiazole rings is 1. The number of hydrogen-bond donors (Lipinski definition) is 1. The summed E-state index contributed by atoms with van der Waals surface area (Å²) in [5, 5.41) is 10.6. The zero-order valence-electron chi connectivity index (χ0n) is 14.7. The van der Waals surface area contributed by atoms with Gasteiger partial charge in [0.15, 0.2) is 0 Å². The van der Waals surface area contributed by atoms with E-state index in [9.17, 15) is 4.79 Å². The van der Waals surface area contributed by atoms with Gasteiger partial charge in [-0.2, -0.15) is 5.10 Å². The minimum Gasteiger partial charge on any atom is -0.346 e. The highest BCUT2D eigenvalue weighted by molar-refractivity contribution is 7.09. The van der Waals surface area contributed by atoms with Gasteiger partial charge in [-0.3, -0.25) is 9.48 Å². The Bertz CT molecular complexity index is 766.